The summed E-state index contributed by atoms with van der Waals surface area (Å²) in [6.07, 6.45) is -3.09. The first-order valence-corrected chi connectivity index (χ1v) is 12.4. The van der Waals surface area contributed by atoms with E-state index in [4.69, 9.17) is 9.47 Å². The van der Waals surface area contributed by atoms with Gasteiger partial charge in [0.2, 0.25) is 5.91 Å². The molecule has 4 rings (SSSR count). The number of carbonyl (C=O) groups excluding carboxylic acids is 3. The summed E-state index contributed by atoms with van der Waals surface area (Å²) >= 11 is 0.655. The van der Waals surface area contributed by atoms with Crippen molar-refractivity contribution in [3.05, 3.63) is 93.9 Å². The fraction of sp³-hybridized carbons (Fsp3) is 0.179. The van der Waals surface area contributed by atoms with Crippen molar-refractivity contribution in [2.24, 2.45) is 0 Å². The molecule has 39 heavy (non-hydrogen) atoms. The van der Waals surface area contributed by atoms with Crippen LogP contribution >= 0.6 is 11.8 Å². The van der Waals surface area contributed by atoms with Gasteiger partial charge in [0, 0.05) is 5.69 Å². The fourth-order valence-electron chi connectivity index (χ4n) is 3.64. The number of nitrogens with one attached hydrogen (secondary N) is 1. The van der Waals surface area contributed by atoms with Crippen LogP contribution in [0.25, 0.3) is 6.08 Å². The molecule has 0 unspecified atom stereocenters. The molecule has 0 atom stereocenters. The number of methoxy groups -OCH3 is 1. The minimum atomic E-state index is -4.58. The van der Waals surface area contributed by atoms with E-state index >= 15 is 0 Å². The molecule has 11 heteroatoms. The van der Waals surface area contributed by atoms with Crippen molar-refractivity contribution in [2.45, 2.75) is 19.7 Å². The molecule has 1 aliphatic rings. The zero-order chi connectivity index (χ0) is 28.2. The lowest BCUT2D eigenvalue weighted by molar-refractivity contribution is -0.137. The van der Waals surface area contributed by atoms with E-state index in [0.29, 0.717) is 35.4 Å². The van der Waals surface area contributed by atoms with E-state index in [2.05, 4.69) is 5.32 Å². The highest BCUT2D eigenvalue weighted by Crippen LogP contribution is 2.35. The molecule has 1 fully saturated rings. The number of hydrogen-bond donors (Lipinski definition) is 1. The van der Waals surface area contributed by atoms with Crippen LogP contribution in [0.2, 0.25) is 0 Å². The number of carbonyl (C=O) groups is 3. The monoisotopic (exact) mass is 556 g/mol. The Morgan fingerprint density at radius 3 is 2.46 bits per heavy atom. The highest BCUT2D eigenvalue weighted by molar-refractivity contribution is 8.18. The number of imide groups is 1. The third-order valence-corrected chi connectivity index (χ3v) is 6.56. The molecule has 1 heterocycles. The summed E-state index contributed by atoms with van der Waals surface area (Å²) < 4.78 is 50.0. The van der Waals surface area contributed by atoms with Crippen molar-refractivity contribution in [1.82, 2.24) is 4.90 Å². The summed E-state index contributed by atoms with van der Waals surface area (Å²) in [7, 11) is 1.48. The topological polar surface area (TPSA) is 84.9 Å². The number of halogens is 3. The number of alkyl halides is 3. The molecule has 0 radical (unpaired) electrons. The van der Waals surface area contributed by atoms with Gasteiger partial charge in [0.1, 0.15) is 13.2 Å². The zero-order valence-electron chi connectivity index (χ0n) is 20.9. The maximum absolute atomic E-state index is 12.9. The number of thioether (sulfide) groups is 1. The van der Waals surface area contributed by atoms with Gasteiger partial charge >= 0.3 is 6.18 Å². The van der Waals surface area contributed by atoms with Gasteiger partial charge < -0.3 is 14.8 Å². The van der Waals surface area contributed by atoms with Gasteiger partial charge in [-0.15, -0.1) is 0 Å². The Morgan fingerprint density at radius 1 is 1.03 bits per heavy atom. The second kappa shape index (κ2) is 11.6. The summed E-state index contributed by atoms with van der Waals surface area (Å²) in [6.45, 7) is 1.68. The number of aryl methyl sites for hydroxylation is 1. The van der Waals surface area contributed by atoms with Crippen LogP contribution in [-0.2, 0) is 22.4 Å². The lowest BCUT2D eigenvalue weighted by atomic mass is 10.1. The summed E-state index contributed by atoms with van der Waals surface area (Å²) in [5, 5.41) is 1.62. The molecule has 1 N–H and O–H groups in total. The van der Waals surface area contributed by atoms with Crippen molar-refractivity contribution in [1.29, 1.82) is 0 Å². The summed E-state index contributed by atoms with van der Waals surface area (Å²) in [5.41, 5.74) is 1.65. The van der Waals surface area contributed by atoms with E-state index in [9.17, 15) is 27.6 Å². The van der Waals surface area contributed by atoms with Crippen LogP contribution in [0.4, 0.5) is 23.7 Å². The number of rotatable bonds is 8. The van der Waals surface area contributed by atoms with Gasteiger partial charge in [-0.05, 0) is 66.2 Å². The molecule has 0 aromatic heterocycles. The molecule has 1 aliphatic heterocycles. The van der Waals surface area contributed by atoms with Crippen LogP contribution in [0.1, 0.15) is 22.3 Å². The van der Waals surface area contributed by atoms with Crippen molar-refractivity contribution < 1.29 is 37.0 Å². The van der Waals surface area contributed by atoms with Crippen LogP contribution in [0.5, 0.6) is 11.5 Å². The molecule has 1 saturated heterocycles. The van der Waals surface area contributed by atoms with Crippen molar-refractivity contribution in [2.75, 3.05) is 19.0 Å². The third-order valence-electron chi connectivity index (χ3n) is 5.65. The van der Waals surface area contributed by atoms with E-state index in [1.807, 2.05) is 31.2 Å². The Bertz CT molecular complexity index is 1440. The smallest absolute Gasteiger partial charge is 0.416 e. The Kier molecular flexibility index (Phi) is 8.29. The minimum absolute atomic E-state index is 0.0854. The average molecular weight is 557 g/mol. The largest absolute Gasteiger partial charge is 0.493 e. The van der Waals surface area contributed by atoms with Crippen LogP contribution in [-0.4, -0.2) is 35.6 Å². The fourth-order valence-corrected chi connectivity index (χ4v) is 4.48. The van der Waals surface area contributed by atoms with Crippen LogP contribution in [0, 0.1) is 6.92 Å². The zero-order valence-corrected chi connectivity index (χ0v) is 21.7. The van der Waals surface area contributed by atoms with Gasteiger partial charge in [0.05, 0.1) is 17.6 Å². The number of nitrogens with zero attached hydrogens (tertiary/aromatic N) is 1. The molecule has 0 bridgehead atoms. The summed E-state index contributed by atoms with van der Waals surface area (Å²) in [6, 6.07) is 17.0. The maximum atomic E-state index is 12.9. The van der Waals surface area contributed by atoms with Crippen LogP contribution in [0.15, 0.2) is 71.6 Å². The van der Waals surface area contributed by atoms with E-state index in [0.717, 1.165) is 34.2 Å². The quantitative estimate of drug-likeness (QED) is 0.329. The first kappa shape index (κ1) is 27.8. The van der Waals surface area contributed by atoms with Crippen LogP contribution < -0.4 is 14.8 Å². The molecule has 3 amide bonds. The first-order valence-electron chi connectivity index (χ1n) is 11.6. The molecule has 7 nitrogen and oxygen atoms in total. The molecule has 0 aliphatic carbocycles. The Hall–Kier alpha value is -4.25. The Morgan fingerprint density at radius 2 is 1.77 bits per heavy atom. The molecule has 0 saturated carbocycles. The Balaban J connectivity index is 1.41. The van der Waals surface area contributed by atoms with E-state index in [1.165, 1.54) is 19.3 Å². The molecular formula is C28H23F3N2O5S. The SMILES string of the molecule is COc1cc(/C=C2\SC(=O)N(CC(=O)Nc3cccc(C(F)(F)F)c3)C2=O)ccc1OCc1ccc(C)cc1. The minimum Gasteiger partial charge on any atom is -0.493 e. The first-order chi connectivity index (χ1) is 18.5. The molecular weight excluding hydrogens is 533 g/mol. The van der Waals surface area contributed by atoms with Crippen molar-refractivity contribution >= 4 is 40.6 Å². The normalized spacial score (nSPS) is 14.6. The van der Waals surface area contributed by atoms with Gasteiger partial charge in [-0.1, -0.05) is 42.0 Å². The predicted octanol–water partition coefficient (Wildman–Crippen LogP) is 6.28. The summed E-state index contributed by atoms with van der Waals surface area (Å²) in [4.78, 5) is 38.5. The molecule has 3 aromatic carbocycles. The van der Waals surface area contributed by atoms with Gasteiger partial charge in [-0.25, -0.2) is 0 Å². The van der Waals surface area contributed by atoms with E-state index < -0.39 is 35.3 Å². The van der Waals surface area contributed by atoms with E-state index in [-0.39, 0.29) is 10.6 Å². The van der Waals surface area contributed by atoms with Crippen LogP contribution in [0.3, 0.4) is 0 Å². The average Bonchev–Trinajstić information content (AvgIpc) is 3.15. The van der Waals surface area contributed by atoms with Gasteiger partial charge in [0.15, 0.2) is 11.5 Å². The standard InChI is InChI=1S/C28H23F3N2O5S/c1-17-6-8-18(9-7-17)16-38-22-11-10-19(12-23(22)37-2)13-24-26(35)33(27(36)39-24)15-25(34)32-21-5-3-4-20(14-21)28(29,30)31/h3-14H,15-16H2,1-2H3,(H,32,34)/b24-13-. The highest BCUT2D eigenvalue weighted by Gasteiger charge is 2.36. The summed E-state index contributed by atoms with van der Waals surface area (Å²) in [5.74, 6) is -0.581. The lowest BCUT2D eigenvalue weighted by Crippen LogP contribution is -2.36. The lowest BCUT2D eigenvalue weighted by Gasteiger charge is -2.13. The number of anilines is 1. The van der Waals surface area contributed by atoms with Gasteiger partial charge in [0.25, 0.3) is 11.1 Å². The maximum Gasteiger partial charge on any atom is 0.416 e. The number of hydrogen-bond acceptors (Lipinski definition) is 6. The third kappa shape index (κ3) is 6.99. The number of ether oxygens (including phenoxy) is 2. The van der Waals surface area contributed by atoms with Crippen molar-refractivity contribution in [3.63, 3.8) is 0 Å². The second-order valence-corrected chi connectivity index (χ2v) is 9.57. The van der Waals surface area contributed by atoms with Crippen molar-refractivity contribution in [3.8, 4) is 11.5 Å². The second-order valence-electron chi connectivity index (χ2n) is 8.58. The molecule has 3 aromatic rings. The van der Waals surface area contributed by atoms with Gasteiger partial charge in [-0.2, -0.15) is 13.2 Å². The Labute approximate surface area is 226 Å². The van der Waals surface area contributed by atoms with E-state index in [1.54, 1.807) is 18.2 Å². The number of amides is 3. The van der Waals surface area contributed by atoms with Gasteiger partial charge in [-0.3, -0.25) is 19.3 Å². The predicted molar refractivity (Wildman–Crippen MR) is 141 cm³/mol. The number of benzene rings is 3. The highest BCUT2D eigenvalue weighted by atomic mass is 32.2. The molecule has 202 valence electrons. The molecule has 0 spiro atoms.